The Labute approximate surface area is 119 Å². The molecule has 4 N–H and O–H groups in total. The number of nitrogens with one attached hydrogen (secondary N) is 1. The number of aliphatic carboxylic acids is 1. The van der Waals surface area contributed by atoms with Crippen molar-refractivity contribution in [2.24, 2.45) is 11.1 Å². The van der Waals surface area contributed by atoms with E-state index in [0.717, 1.165) is 19.3 Å². The number of nitrogens with two attached hydrogens (primary N) is 1. The van der Waals surface area contributed by atoms with Gasteiger partial charge >= 0.3 is 5.97 Å². The number of rotatable bonds is 4. The van der Waals surface area contributed by atoms with E-state index in [1.807, 2.05) is 0 Å². The van der Waals surface area contributed by atoms with Crippen LogP contribution in [0.25, 0.3) is 0 Å². The number of carbonyl (C=O) groups is 2. The maximum absolute atomic E-state index is 12.6. The average molecular weight is 284 g/mol. The standard InChI is InChI=1S/C14H24N2O4/c15-10-13(6-8-20-9-7-13)11(17)16-14(12(18)19)4-2-1-3-5-14/h1-10,15H2,(H,16,17)(H,18,19). The van der Waals surface area contributed by atoms with Crippen LogP contribution in [-0.4, -0.2) is 42.3 Å². The fourth-order valence-corrected chi connectivity index (χ4v) is 3.18. The van der Waals surface area contributed by atoms with Crippen LogP contribution in [0.2, 0.25) is 0 Å². The van der Waals surface area contributed by atoms with Gasteiger partial charge in [-0.3, -0.25) is 4.79 Å². The largest absolute Gasteiger partial charge is 0.480 e. The van der Waals surface area contributed by atoms with Gasteiger partial charge < -0.3 is 20.9 Å². The van der Waals surface area contributed by atoms with Crippen molar-refractivity contribution in [1.29, 1.82) is 0 Å². The Morgan fingerprint density at radius 1 is 1.10 bits per heavy atom. The number of amides is 1. The van der Waals surface area contributed by atoms with Crippen molar-refractivity contribution in [3.63, 3.8) is 0 Å². The highest BCUT2D eigenvalue weighted by atomic mass is 16.5. The van der Waals surface area contributed by atoms with Crippen molar-refractivity contribution in [2.45, 2.75) is 50.5 Å². The van der Waals surface area contributed by atoms with Crippen molar-refractivity contribution in [2.75, 3.05) is 19.8 Å². The summed E-state index contributed by atoms with van der Waals surface area (Å²) in [5.41, 5.74) is 4.03. The van der Waals surface area contributed by atoms with Crippen LogP contribution in [0.4, 0.5) is 0 Å². The maximum atomic E-state index is 12.6. The normalized spacial score (nSPS) is 24.9. The smallest absolute Gasteiger partial charge is 0.329 e. The monoisotopic (exact) mass is 284 g/mol. The third-order valence-corrected chi connectivity index (χ3v) is 4.79. The van der Waals surface area contributed by atoms with Gasteiger partial charge in [-0.2, -0.15) is 0 Å². The van der Waals surface area contributed by atoms with Crippen LogP contribution in [0.3, 0.4) is 0 Å². The summed E-state index contributed by atoms with van der Waals surface area (Å²) in [5, 5.41) is 12.3. The van der Waals surface area contributed by atoms with Gasteiger partial charge in [0.25, 0.3) is 0 Å². The third kappa shape index (κ3) is 2.81. The molecule has 20 heavy (non-hydrogen) atoms. The van der Waals surface area contributed by atoms with E-state index in [4.69, 9.17) is 10.5 Å². The summed E-state index contributed by atoms with van der Waals surface area (Å²) in [7, 11) is 0. The van der Waals surface area contributed by atoms with Gasteiger partial charge in [0.15, 0.2) is 0 Å². The first-order chi connectivity index (χ1) is 9.55. The molecule has 114 valence electrons. The molecule has 1 saturated heterocycles. The highest BCUT2D eigenvalue weighted by Gasteiger charge is 2.46. The summed E-state index contributed by atoms with van der Waals surface area (Å²) < 4.78 is 5.29. The Balaban J connectivity index is 2.13. The van der Waals surface area contributed by atoms with E-state index in [1.165, 1.54) is 0 Å². The van der Waals surface area contributed by atoms with Crippen molar-refractivity contribution < 1.29 is 19.4 Å². The zero-order valence-electron chi connectivity index (χ0n) is 11.8. The fourth-order valence-electron chi connectivity index (χ4n) is 3.18. The highest BCUT2D eigenvalue weighted by molar-refractivity contribution is 5.90. The Bertz CT molecular complexity index is 371. The van der Waals surface area contributed by atoms with Crippen LogP contribution in [0, 0.1) is 5.41 Å². The lowest BCUT2D eigenvalue weighted by atomic mass is 9.76. The van der Waals surface area contributed by atoms with E-state index in [2.05, 4.69) is 5.32 Å². The number of hydrogen-bond acceptors (Lipinski definition) is 4. The summed E-state index contributed by atoms with van der Waals surface area (Å²) in [6.07, 6.45) is 4.84. The number of carbonyl (C=O) groups excluding carboxylic acids is 1. The van der Waals surface area contributed by atoms with Gasteiger partial charge in [0.2, 0.25) is 5.91 Å². The molecule has 0 atom stereocenters. The van der Waals surface area contributed by atoms with Crippen molar-refractivity contribution in [3.05, 3.63) is 0 Å². The van der Waals surface area contributed by atoms with Crippen LogP contribution in [0.1, 0.15) is 44.9 Å². The molecular formula is C14H24N2O4. The Morgan fingerprint density at radius 3 is 2.20 bits per heavy atom. The number of hydrogen-bond donors (Lipinski definition) is 3. The topological polar surface area (TPSA) is 102 Å². The van der Waals surface area contributed by atoms with Crippen LogP contribution < -0.4 is 11.1 Å². The molecule has 2 rings (SSSR count). The molecule has 0 aromatic carbocycles. The van der Waals surface area contributed by atoms with Gasteiger partial charge in [-0.1, -0.05) is 19.3 Å². The maximum Gasteiger partial charge on any atom is 0.329 e. The highest BCUT2D eigenvalue weighted by Crippen LogP contribution is 2.33. The molecule has 1 aliphatic heterocycles. The Kier molecular flexibility index (Phi) is 4.65. The van der Waals surface area contributed by atoms with Crippen LogP contribution in [0.15, 0.2) is 0 Å². The number of carboxylic acid groups (broad SMARTS) is 1. The molecule has 1 amide bonds. The predicted octanol–water partition coefficient (Wildman–Crippen LogP) is 0.646. The second-order valence-corrected chi connectivity index (χ2v) is 6.00. The molecule has 6 heteroatoms. The summed E-state index contributed by atoms with van der Waals surface area (Å²) >= 11 is 0. The molecule has 1 heterocycles. The van der Waals surface area contributed by atoms with Gasteiger partial charge in [0, 0.05) is 19.8 Å². The van der Waals surface area contributed by atoms with Crippen LogP contribution in [-0.2, 0) is 14.3 Å². The molecule has 6 nitrogen and oxygen atoms in total. The molecule has 0 unspecified atom stereocenters. The summed E-state index contributed by atoms with van der Waals surface area (Å²) in [4.78, 5) is 24.2. The SMILES string of the molecule is NCC1(C(=O)NC2(C(=O)O)CCCCC2)CCOCC1. The second-order valence-electron chi connectivity index (χ2n) is 6.00. The summed E-state index contributed by atoms with van der Waals surface area (Å²) in [6.45, 7) is 1.24. The molecular weight excluding hydrogens is 260 g/mol. The number of carboxylic acids is 1. The molecule has 0 aromatic heterocycles. The van der Waals surface area contributed by atoms with E-state index in [0.29, 0.717) is 38.9 Å². The molecule has 0 aromatic rings. The van der Waals surface area contributed by atoms with Gasteiger partial charge in [-0.15, -0.1) is 0 Å². The number of ether oxygens (including phenoxy) is 1. The van der Waals surface area contributed by atoms with Crippen LogP contribution >= 0.6 is 0 Å². The van der Waals surface area contributed by atoms with E-state index >= 15 is 0 Å². The zero-order chi connectivity index (χ0) is 14.6. The van der Waals surface area contributed by atoms with Crippen LogP contribution in [0.5, 0.6) is 0 Å². The first-order valence-electron chi connectivity index (χ1n) is 7.39. The van der Waals surface area contributed by atoms with Crippen molar-refractivity contribution in [1.82, 2.24) is 5.32 Å². The second kappa shape index (κ2) is 6.10. The van der Waals surface area contributed by atoms with Gasteiger partial charge in [0.05, 0.1) is 5.41 Å². The van der Waals surface area contributed by atoms with Gasteiger partial charge in [-0.05, 0) is 25.7 Å². The molecule has 2 aliphatic rings. The van der Waals surface area contributed by atoms with E-state index in [-0.39, 0.29) is 12.5 Å². The van der Waals surface area contributed by atoms with Gasteiger partial charge in [-0.25, -0.2) is 4.79 Å². The average Bonchev–Trinajstić information content (AvgIpc) is 2.48. The fraction of sp³-hybridized carbons (Fsp3) is 0.857. The summed E-state index contributed by atoms with van der Waals surface area (Å²) in [5.74, 6) is -1.14. The third-order valence-electron chi connectivity index (χ3n) is 4.79. The first-order valence-corrected chi connectivity index (χ1v) is 7.39. The van der Waals surface area contributed by atoms with E-state index < -0.39 is 16.9 Å². The lowest BCUT2D eigenvalue weighted by Gasteiger charge is -2.40. The van der Waals surface area contributed by atoms with E-state index in [1.54, 1.807) is 0 Å². The van der Waals surface area contributed by atoms with Crippen molar-refractivity contribution in [3.8, 4) is 0 Å². The molecule has 0 radical (unpaired) electrons. The molecule has 1 saturated carbocycles. The van der Waals surface area contributed by atoms with E-state index in [9.17, 15) is 14.7 Å². The molecule has 0 spiro atoms. The van der Waals surface area contributed by atoms with Gasteiger partial charge in [0.1, 0.15) is 5.54 Å². The van der Waals surface area contributed by atoms with Crippen molar-refractivity contribution >= 4 is 11.9 Å². The quantitative estimate of drug-likeness (QED) is 0.703. The lowest BCUT2D eigenvalue weighted by Crippen LogP contribution is -2.61. The zero-order valence-corrected chi connectivity index (χ0v) is 11.8. The Morgan fingerprint density at radius 2 is 1.70 bits per heavy atom. The minimum atomic E-state index is -1.10. The Hall–Kier alpha value is -1.14. The molecule has 1 aliphatic carbocycles. The minimum absolute atomic E-state index is 0.215. The lowest BCUT2D eigenvalue weighted by molar-refractivity contribution is -0.152. The minimum Gasteiger partial charge on any atom is -0.480 e. The summed E-state index contributed by atoms with van der Waals surface area (Å²) in [6, 6.07) is 0. The molecule has 2 fully saturated rings. The first kappa shape index (κ1) is 15.3. The molecule has 0 bridgehead atoms. The predicted molar refractivity (Wildman–Crippen MR) is 73.1 cm³/mol.